The zero-order valence-corrected chi connectivity index (χ0v) is 8.32. The summed E-state index contributed by atoms with van der Waals surface area (Å²) < 4.78 is 11.1. The summed E-state index contributed by atoms with van der Waals surface area (Å²) in [5.41, 5.74) is 0. The minimum atomic E-state index is 0.520. The van der Waals surface area contributed by atoms with E-state index in [1.807, 2.05) is 0 Å². The van der Waals surface area contributed by atoms with E-state index in [2.05, 4.69) is 6.08 Å². The van der Waals surface area contributed by atoms with Crippen LogP contribution in [0.4, 0.5) is 0 Å². The Balaban J connectivity index is 1.45. The second-order valence-corrected chi connectivity index (χ2v) is 5.23. The number of ether oxygens (including phenoxy) is 2. The molecule has 4 rings (SSSR count). The topological polar surface area (TPSA) is 25.1 Å². The van der Waals surface area contributed by atoms with Gasteiger partial charge >= 0.3 is 0 Å². The molecule has 0 spiro atoms. The Morgan fingerprint density at radius 1 is 1.07 bits per heavy atom. The standard InChI is InChI=1S/C12H16O2/c1-3-9-11(13-9)5-7(1)8-2-4-10-12(6-8)14-10/h3,7-8,10-12H,1-2,4-6H2. The second kappa shape index (κ2) is 2.54. The van der Waals surface area contributed by atoms with Gasteiger partial charge in [0.25, 0.3) is 0 Å². The normalized spacial score (nSPS) is 53.7. The summed E-state index contributed by atoms with van der Waals surface area (Å²) in [6.07, 6.45) is 10.7. The van der Waals surface area contributed by atoms with Crippen LogP contribution in [0.2, 0.25) is 0 Å². The molecule has 14 heavy (non-hydrogen) atoms. The van der Waals surface area contributed by atoms with Crippen LogP contribution in [-0.4, -0.2) is 18.3 Å². The first-order valence-electron chi connectivity index (χ1n) is 5.92. The lowest BCUT2D eigenvalue weighted by molar-refractivity contribution is 0.232. The van der Waals surface area contributed by atoms with Crippen molar-refractivity contribution in [3.63, 3.8) is 0 Å². The highest BCUT2D eigenvalue weighted by atomic mass is 16.6. The fraction of sp³-hybridized carbons (Fsp3) is 0.833. The second-order valence-electron chi connectivity index (χ2n) is 5.23. The Bertz CT molecular complexity index is 297. The van der Waals surface area contributed by atoms with E-state index in [-0.39, 0.29) is 0 Å². The van der Waals surface area contributed by atoms with Gasteiger partial charge in [-0.25, -0.2) is 0 Å². The summed E-state index contributed by atoms with van der Waals surface area (Å²) in [7, 11) is 0. The molecule has 3 fully saturated rings. The summed E-state index contributed by atoms with van der Waals surface area (Å²) in [4.78, 5) is 0. The Morgan fingerprint density at radius 2 is 2.07 bits per heavy atom. The van der Waals surface area contributed by atoms with E-state index < -0.39 is 0 Å². The van der Waals surface area contributed by atoms with Crippen LogP contribution >= 0.6 is 0 Å². The summed E-state index contributed by atoms with van der Waals surface area (Å²) in [5, 5.41) is 0. The molecule has 0 radical (unpaired) electrons. The number of allylic oxidation sites excluding steroid dienone is 1. The lowest BCUT2D eigenvalue weighted by atomic mass is 9.75. The van der Waals surface area contributed by atoms with Crippen LogP contribution in [0.15, 0.2) is 11.8 Å². The molecule has 76 valence electrons. The van der Waals surface area contributed by atoms with Crippen LogP contribution in [0.3, 0.4) is 0 Å². The van der Waals surface area contributed by atoms with Gasteiger partial charge in [-0.05, 0) is 50.0 Å². The Labute approximate surface area is 84.3 Å². The average Bonchev–Trinajstić information content (AvgIpc) is 3.10. The Morgan fingerprint density at radius 3 is 2.93 bits per heavy atom. The first-order chi connectivity index (χ1) is 6.90. The molecule has 4 aliphatic rings. The van der Waals surface area contributed by atoms with Gasteiger partial charge in [-0.1, -0.05) is 0 Å². The smallest absolute Gasteiger partial charge is 0.155 e. The van der Waals surface area contributed by atoms with Crippen LogP contribution in [0.25, 0.3) is 0 Å². The summed E-state index contributed by atoms with van der Waals surface area (Å²) in [5.74, 6) is 3.08. The predicted molar refractivity (Wildman–Crippen MR) is 51.7 cm³/mol. The van der Waals surface area contributed by atoms with Crippen LogP contribution in [0, 0.1) is 11.8 Å². The van der Waals surface area contributed by atoms with E-state index in [4.69, 9.17) is 9.47 Å². The van der Waals surface area contributed by atoms with E-state index in [0.717, 1.165) is 11.8 Å². The molecule has 2 nitrogen and oxygen atoms in total. The molecule has 2 heterocycles. The summed E-state index contributed by atoms with van der Waals surface area (Å²) in [6, 6.07) is 0. The number of rotatable bonds is 1. The van der Waals surface area contributed by atoms with E-state index in [0.29, 0.717) is 18.3 Å². The number of epoxide rings is 2. The van der Waals surface area contributed by atoms with Crippen molar-refractivity contribution in [2.75, 3.05) is 0 Å². The van der Waals surface area contributed by atoms with E-state index in [1.165, 1.54) is 37.9 Å². The molecule has 0 N–H and O–H groups in total. The van der Waals surface area contributed by atoms with Gasteiger partial charge in [0.1, 0.15) is 5.76 Å². The van der Waals surface area contributed by atoms with Crippen molar-refractivity contribution < 1.29 is 9.47 Å². The third-order valence-electron chi connectivity index (χ3n) is 4.39. The van der Waals surface area contributed by atoms with Gasteiger partial charge in [-0.2, -0.15) is 0 Å². The highest BCUT2D eigenvalue weighted by Crippen LogP contribution is 2.48. The van der Waals surface area contributed by atoms with Crippen molar-refractivity contribution >= 4 is 0 Å². The van der Waals surface area contributed by atoms with Gasteiger partial charge in [0.15, 0.2) is 6.10 Å². The van der Waals surface area contributed by atoms with Gasteiger partial charge in [0.05, 0.1) is 12.2 Å². The molecule has 2 aliphatic heterocycles. The van der Waals surface area contributed by atoms with Crippen molar-refractivity contribution in [3.8, 4) is 0 Å². The van der Waals surface area contributed by atoms with Gasteiger partial charge in [0, 0.05) is 0 Å². The highest BCUT2D eigenvalue weighted by molar-refractivity contribution is 5.18. The minimum absolute atomic E-state index is 0.520. The SMILES string of the molecule is C1=C2OC2CC(C2CCC3OC3C2)C1. The first kappa shape index (κ1) is 7.75. The molecule has 2 saturated heterocycles. The fourth-order valence-corrected chi connectivity index (χ4v) is 3.36. The van der Waals surface area contributed by atoms with Crippen LogP contribution < -0.4 is 0 Å². The molecule has 5 unspecified atom stereocenters. The van der Waals surface area contributed by atoms with Crippen molar-refractivity contribution in [2.24, 2.45) is 11.8 Å². The van der Waals surface area contributed by atoms with Gasteiger partial charge in [-0.3, -0.25) is 0 Å². The van der Waals surface area contributed by atoms with Crippen molar-refractivity contribution in [3.05, 3.63) is 11.8 Å². The molecule has 0 aromatic heterocycles. The summed E-state index contributed by atoms with van der Waals surface area (Å²) in [6.45, 7) is 0. The molecular formula is C12H16O2. The quantitative estimate of drug-likeness (QED) is 0.595. The molecule has 2 aliphatic carbocycles. The maximum absolute atomic E-state index is 5.59. The first-order valence-corrected chi connectivity index (χ1v) is 5.92. The zero-order chi connectivity index (χ0) is 9.12. The van der Waals surface area contributed by atoms with E-state index in [1.54, 1.807) is 0 Å². The van der Waals surface area contributed by atoms with Crippen LogP contribution in [-0.2, 0) is 9.47 Å². The Kier molecular flexibility index (Phi) is 1.41. The van der Waals surface area contributed by atoms with Gasteiger partial charge in [0.2, 0.25) is 0 Å². The predicted octanol–water partition coefficient (Wildman–Crippen LogP) is 2.25. The fourth-order valence-electron chi connectivity index (χ4n) is 3.36. The molecule has 0 bridgehead atoms. The van der Waals surface area contributed by atoms with Crippen molar-refractivity contribution in [1.82, 2.24) is 0 Å². The maximum atomic E-state index is 5.59. The zero-order valence-electron chi connectivity index (χ0n) is 8.32. The van der Waals surface area contributed by atoms with E-state index in [9.17, 15) is 0 Å². The lowest BCUT2D eigenvalue weighted by Gasteiger charge is -2.28. The molecule has 2 heteroatoms. The molecular weight excluding hydrogens is 176 g/mol. The number of fused-ring (bicyclic) bond motifs is 2. The lowest BCUT2D eigenvalue weighted by Crippen LogP contribution is -2.23. The average molecular weight is 192 g/mol. The Hall–Kier alpha value is -0.500. The van der Waals surface area contributed by atoms with Crippen molar-refractivity contribution in [1.29, 1.82) is 0 Å². The molecule has 5 atom stereocenters. The van der Waals surface area contributed by atoms with Crippen LogP contribution in [0.5, 0.6) is 0 Å². The van der Waals surface area contributed by atoms with Gasteiger partial charge < -0.3 is 9.47 Å². The third kappa shape index (κ3) is 1.13. The monoisotopic (exact) mass is 192 g/mol. The minimum Gasteiger partial charge on any atom is -0.483 e. The number of hydrogen-bond acceptors (Lipinski definition) is 2. The molecule has 1 saturated carbocycles. The van der Waals surface area contributed by atoms with Gasteiger partial charge in [-0.15, -0.1) is 0 Å². The molecule has 0 aromatic carbocycles. The maximum Gasteiger partial charge on any atom is 0.155 e. The largest absolute Gasteiger partial charge is 0.483 e. The molecule has 0 aromatic rings. The summed E-state index contributed by atoms with van der Waals surface area (Å²) >= 11 is 0. The highest BCUT2D eigenvalue weighted by Gasteiger charge is 2.48. The van der Waals surface area contributed by atoms with E-state index >= 15 is 0 Å². The number of hydrogen-bond donors (Lipinski definition) is 0. The molecule has 0 amide bonds. The van der Waals surface area contributed by atoms with Crippen LogP contribution in [0.1, 0.15) is 32.1 Å². The van der Waals surface area contributed by atoms with Crippen molar-refractivity contribution in [2.45, 2.75) is 50.4 Å². The third-order valence-corrected chi connectivity index (χ3v) is 4.39.